The first-order valence-corrected chi connectivity index (χ1v) is 19.9. The number of imide groups is 1. The van der Waals surface area contributed by atoms with Gasteiger partial charge in [0.25, 0.3) is 21.8 Å². The molecule has 0 saturated carbocycles. The van der Waals surface area contributed by atoms with Crippen LogP contribution in [0.25, 0.3) is 4.83 Å². The van der Waals surface area contributed by atoms with Gasteiger partial charge < -0.3 is 14.4 Å². The van der Waals surface area contributed by atoms with Gasteiger partial charge >= 0.3 is 0 Å². The van der Waals surface area contributed by atoms with Crippen LogP contribution in [-0.4, -0.2) is 81.4 Å². The van der Waals surface area contributed by atoms with Crippen LogP contribution < -0.4 is 19.1 Å². The van der Waals surface area contributed by atoms with Crippen LogP contribution in [0.4, 0.5) is 5.69 Å². The van der Waals surface area contributed by atoms with Crippen molar-refractivity contribution in [1.29, 1.82) is 0 Å². The molecule has 14 heteroatoms. The lowest BCUT2D eigenvalue weighted by Gasteiger charge is -2.39. The number of amides is 2. The van der Waals surface area contributed by atoms with Crippen LogP contribution in [0.5, 0.6) is 11.5 Å². The summed E-state index contributed by atoms with van der Waals surface area (Å²) in [6.07, 6.45) is 8.20. The van der Waals surface area contributed by atoms with Crippen LogP contribution >= 0.6 is 22.9 Å². The summed E-state index contributed by atoms with van der Waals surface area (Å²) in [7, 11) is -0.926. The Labute approximate surface area is 317 Å². The van der Waals surface area contributed by atoms with E-state index in [-0.39, 0.29) is 29.1 Å². The fourth-order valence-corrected chi connectivity index (χ4v) is 9.96. The Morgan fingerprint density at radius 1 is 0.925 bits per heavy atom. The minimum Gasteiger partial charge on any atom is -0.493 e. The van der Waals surface area contributed by atoms with E-state index in [0.29, 0.717) is 71.3 Å². The Morgan fingerprint density at radius 3 is 2.40 bits per heavy atom. The van der Waals surface area contributed by atoms with Crippen LogP contribution in [0, 0.1) is 12.3 Å². The molecule has 0 radical (unpaired) electrons. The van der Waals surface area contributed by atoms with Gasteiger partial charge in [0.1, 0.15) is 4.83 Å². The van der Waals surface area contributed by atoms with Gasteiger partial charge in [-0.15, -0.1) is 17.8 Å². The fraction of sp³-hybridized carbons (Fsp3) is 0.282. The summed E-state index contributed by atoms with van der Waals surface area (Å²) in [6, 6.07) is 21.3. The molecule has 0 bridgehead atoms. The Hall–Kier alpha value is -4.84. The lowest BCUT2D eigenvalue weighted by molar-refractivity contribution is 0.0572. The van der Waals surface area contributed by atoms with Crippen molar-refractivity contribution in [2.24, 2.45) is 0 Å². The summed E-state index contributed by atoms with van der Waals surface area (Å²) >= 11 is 7.70. The number of terminal acetylenes is 1. The second-order valence-corrected chi connectivity index (χ2v) is 15.8. The number of fused-ring (bicyclic) bond motifs is 2. The second-order valence-electron chi connectivity index (χ2n) is 12.8. The van der Waals surface area contributed by atoms with Crippen LogP contribution in [0.2, 0.25) is 5.02 Å². The number of aromatic nitrogens is 1. The average molecular weight is 772 g/mol. The van der Waals surface area contributed by atoms with Gasteiger partial charge in [0.15, 0.2) is 16.5 Å². The lowest BCUT2D eigenvalue weighted by Crippen LogP contribution is -2.48. The second kappa shape index (κ2) is 15.3. The monoisotopic (exact) mass is 771 g/mol. The summed E-state index contributed by atoms with van der Waals surface area (Å²) in [6.45, 7) is 2.63. The molecule has 1 N–H and O–H groups in total. The van der Waals surface area contributed by atoms with Crippen LogP contribution in [0.1, 0.15) is 56.8 Å². The number of piperazine rings is 1. The Bertz CT molecular complexity index is 2310. The first kappa shape index (κ1) is 36.5. The van der Waals surface area contributed by atoms with Gasteiger partial charge in [-0.2, -0.15) is 0 Å². The number of halogens is 1. The molecule has 2 aromatic heterocycles. The third-order valence-corrected chi connectivity index (χ3v) is 12.6. The van der Waals surface area contributed by atoms with E-state index in [1.165, 1.54) is 34.9 Å². The number of thiazole rings is 1. The number of methoxy groups -OCH3 is 2. The molecule has 5 aromatic rings. The van der Waals surface area contributed by atoms with Crippen molar-refractivity contribution < 1.29 is 27.5 Å². The van der Waals surface area contributed by atoms with E-state index in [4.69, 9.17) is 27.5 Å². The SMILES string of the molecule is C#C[C@H](c1ccccc1)N1CCN(c2cccc3c2C(=O)N(C(CCCNS(=O)(=O)c2c(Cl)cc4sccn24)c2ccc(OC)c(OC)c2)C3=O)CC1. The van der Waals surface area contributed by atoms with Crippen molar-refractivity contribution in [3.8, 4) is 23.8 Å². The van der Waals surface area contributed by atoms with E-state index in [9.17, 15) is 18.0 Å². The zero-order chi connectivity index (χ0) is 37.3. The van der Waals surface area contributed by atoms with E-state index in [0.717, 1.165) is 5.56 Å². The summed E-state index contributed by atoms with van der Waals surface area (Å²) < 4.78 is 41.9. The van der Waals surface area contributed by atoms with Crippen molar-refractivity contribution in [1.82, 2.24) is 18.9 Å². The largest absolute Gasteiger partial charge is 0.493 e. The van der Waals surface area contributed by atoms with E-state index < -0.39 is 27.9 Å². The first-order valence-electron chi connectivity index (χ1n) is 17.1. The molecule has 53 heavy (non-hydrogen) atoms. The van der Waals surface area contributed by atoms with Crippen molar-refractivity contribution in [3.05, 3.63) is 112 Å². The van der Waals surface area contributed by atoms with Crippen LogP contribution in [0.3, 0.4) is 0 Å². The maximum atomic E-state index is 14.5. The van der Waals surface area contributed by atoms with Gasteiger partial charge in [0.05, 0.1) is 48.1 Å². The number of nitrogens with one attached hydrogen (secondary N) is 1. The molecular formula is C39H38ClN5O6S2. The molecule has 7 rings (SSSR count). The molecule has 11 nitrogen and oxygen atoms in total. The van der Waals surface area contributed by atoms with Crippen molar-refractivity contribution in [3.63, 3.8) is 0 Å². The molecule has 2 aliphatic rings. The molecule has 0 spiro atoms. The minimum absolute atomic E-state index is 0.0320. The standard InChI is InChI=1S/C39H38ClN5O6S2/c1-4-30(26-10-6-5-7-11-26)42-18-20-43(21-19-42)32-13-8-12-28-36(32)38(47)45(37(28)46)31(27-15-16-33(50-2)34(24-27)51-3)14-9-17-41-53(48,49)39-29(40)25-35-44(39)22-23-52-35/h1,5-8,10-13,15-16,22-25,30-31,41H,9,14,17-21H2,2-3H3/t30-,31?/m1/s1. The highest BCUT2D eigenvalue weighted by Crippen LogP contribution is 2.41. The Balaban J connectivity index is 1.13. The molecule has 2 aliphatic heterocycles. The van der Waals surface area contributed by atoms with E-state index >= 15 is 0 Å². The maximum absolute atomic E-state index is 14.5. The maximum Gasteiger partial charge on any atom is 0.264 e. The molecule has 1 unspecified atom stereocenters. The molecule has 274 valence electrons. The number of benzene rings is 3. The Kier molecular flexibility index (Phi) is 10.5. The van der Waals surface area contributed by atoms with Gasteiger partial charge in [0.2, 0.25) is 0 Å². The lowest BCUT2D eigenvalue weighted by atomic mass is 9.99. The van der Waals surface area contributed by atoms with Crippen molar-refractivity contribution >= 4 is 55.3 Å². The third kappa shape index (κ3) is 6.89. The Morgan fingerprint density at radius 2 is 1.68 bits per heavy atom. The minimum atomic E-state index is -3.97. The summed E-state index contributed by atoms with van der Waals surface area (Å²) in [5.41, 5.74) is 3.09. The highest BCUT2D eigenvalue weighted by atomic mass is 35.5. The number of rotatable bonds is 13. The van der Waals surface area contributed by atoms with Gasteiger partial charge in [-0.3, -0.25) is 23.8 Å². The summed E-state index contributed by atoms with van der Waals surface area (Å²) in [5.74, 6) is 3.04. The highest BCUT2D eigenvalue weighted by Gasteiger charge is 2.43. The van der Waals surface area contributed by atoms with Gasteiger partial charge in [-0.1, -0.05) is 60.0 Å². The number of hydrogen-bond acceptors (Lipinski definition) is 9. The van der Waals surface area contributed by atoms with Gasteiger partial charge in [-0.05, 0) is 54.3 Å². The third-order valence-electron chi connectivity index (χ3n) is 9.83. The molecule has 1 fully saturated rings. The van der Waals surface area contributed by atoms with E-state index in [1.54, 1.807) is 48.0 Å². The summed E-state index contributed by atoms with van der Waals surface area (Å²) in [4.78, 5) is 35.1. The smallest absolute Gasteiger partial charge is 0.264 e. The number of carbonyl (C=O) groups excluding carboxylic acids is 2. The molecule has 0 aliphatic carbocycles. The zero-order valence-corrected chi connectivity index (χ0v) is 31.6. The molecule has 1 saturated heterocycles. The molecule has 3 aromatic carbocycles. The predicted molar refractivity (Wildman–Crippen MR) is 206 cm³/mol. The zero-order valence-electron chi connectivity index (χ0n) is 29.2. The highest BCUT2D eigenvalue weighted by molar-refractivity contribution is 7.89. The van der Waals surface area contributed by atoms with Gasteiger partial charge in [0, 0.05) is 44.3 Å². The molecule has 2 amide bonds. The van der Waals surface area contributed by atoms with Crippen LogP contribution in [0.15, 0.2) is 89.4 Å². The topological polar surface area (TPSA) is 113 Å². The normalized spacial score (nSPS) is 16.1. The van der Waals surface area contributed by atoms with Crippen molar-refractivity contribution in [2.75, 3.05) is 51.8 Å². The van der Waals surface area contributed by atoms with E-state index in [2.05, 4.69) is 20.4 Å². The number of sulfonamides is 1. The van der Waals surface area contributed by atoms with Crippen LogP contribution in [-0.2, 0) is 10.0 Å². The van der Waals surface area contributed by atoms with E-state index in [1.807, 2.05) is 36.4 Å². The quantitative estimate of drug-likeness (QED) is 0.0849. The molecule has 2 atom stereocenters. The number of ether oxygens (including phenoxy) is 2. The number of nitrogens with zero attached hydrogens (tertiary/aromatic N) is 4. The summed E-state index contributed by atoms with van der Waals surface area (Å²) in [5, 5.41) is 1.88. The average Bonchev–Trinajstić information content (AvgIpc) is 3.83. The number of carbonyl (C=O) groups is 2. The fourth-order valence-electron chi connectivity index (χ4n) is 7.28. The number of hydrogen-bond donors (Lipinski definition) is 1. The molecular weight excluding hydrogens is 734 g/mol. The molecule has 4 heterocycles. The predicted octanol–water partition coefficient (Wildman–Crippen LogP) is 6.26. The first-order chi connectivity index (χ1) is 25.7. The number of anilines is 1. The van der Waals surface area contributed by atoms with Crippen molar-refractivity contribution in [2.45, 2.75) is 30.0 Å². The van der Waals surface area contributed by atoms with Gasteiger partial charge in [-0.25, -0.2) is 13.1 Å².